The maximum atomic E-state index is 12.3. The average Bonchev–Trinajstić information content (AvgIpc) is 2.66. The van der Waals surface area contributed by atoms with Crippen molar-refractivity contribution in [3.63, 3.8) is 0 Å². The molecule has 0 saturated carbocycles. The Morgan fingerprint density at radius 2 is 2.05 bits per heavy atom. The van der Waals surface area contributed by atoms with E-state index in [-0.39, 0.29) is 19.7 Å². The van der Waals surface area contributed by atoms with Crippen LogP contribution in [0.15, 0.2) is 24.3 Å². The molecule has 0 bridgehead atoms. The normalized spacial score (nSPS) is 18.0. The van der Waals surface area contributed by atoms with Gasteiger partial charge in [0.15, 0.2) is 6.10 Å². The molecule has 0 spiro atoms. The van der Waals surface area contributed by atoms with Crippen LogP contribution in [0.4, 0.5) is 18.9 Å². The number of nitrogens with zero attached hydrogens (tertiary/aromatic N) is 1. The smallest absolute Gasteiger partial charge is 0.487 e. The summed E-state index contributed by atoms with van der Waals surface area (Å²) in [7, 11) is 0. The third-order valence-electron chi connectivity index (χ3n) is 2.95. The summed E-state index contributed by atoms with van der Waals surface area (Å²) >= 11 is 0. The Morgan fingerprint density at radius 1 is 1.36 bits per heavy atom. The second-order valence-electron chi connectivity index (χ2n) is 4.51. The minimum absolute atomic E-state index is 0.269. The van der Waals surface area contributed by atoms with Gasteiger partial charge in [0.1, 0.15) is 12.4 Å². The number of hydrogen-bond donors (Lipinski definition) is 1. The van der Waals surface area contributed by atoms with Crippen molar-refractivity contribution in [2.75, 3.05) is 24.6 Å². The van der Waals surface area contributed by atoms with Crippen molar-refractivity contribution < 1.29 is 32.2 Å². The van der Waals surface area contributed by atoms with Crippen molar-refractivity contribution >= 4 is 17.6 Å². The molecule has 1 aliphatic rings. The number of alkyl halides is 3. The van der Waals surface area contributed by atoms with Crippen molar-refractivity contribution in [1.82, 2.24) is 0 Å². The first-order valence-corrected chi connectivity index (χ1v) is 6.33. The predicted molar refractivity (Wildman–Crippen MR) is 69.3 cm³/mol. The van der Waals surface area contributed by atoms with Crippen LogP contribution in [0.3, 0.4) is 0 Å². The second kappa shape index (κ2) is 6.22. The summed E-state index contributed by atoms with van der Waals surface area (Å²) in [4.78, 5) is 24.0. The molecule has 2 rings (SSSR count). The van der Waals surface area contributed by atoms with Crippen molar-refractivity contribution in [3.05, 3.63) is 24.3 Å². The van der Waals surface area contributed by atoms with Gasteiger partial charge < -0.3 is 20.1 Å². The maximum Gasteiger partial charge on any atom is 0.490 e. The molecule has 1 atom stereocenters. The van der Waals surface area contributed by atoms with Crippen LogP contribution in [-0.2, 0) is 14.3 Å². The summed E-state index contributed by atoms with van der Waals surface area (Å²) < 4.78 is 46.5. The minimum Gasteiger partial charge on any atom is -0.487 e. The molecular weight excluding hydrogens is 305 g/mol. The quantitative estimate of drug-likeness (QED) is 0.817. The molecule has 2 N–H and O–H groups in total. The lowest BCUT2D eigenvalue weighted by Gasteiger charge is -2.24. The second-order valence-corrected chi connectivity index (χ2v) is 4.51. The highest BCUT2D eigenvalue weighted by molar-refractivity contribution is 5.96. The van der Waals surface area contributed by atoms with E-state index in [9.17, 15) is 22.8 Å². The summed E-state index contributed by atoms with van der Waals surface area (Å²) in [5, 5.41) is 0. The number of esters is 1. The molecule has 0 fully saturated rings. The fraction of sp³-hybridized carbons (Fsp3) is 0.385. The van der Waals surface area contributed by atoms with E-state index in [1.807, 2.05) is 0 Å². The van der Waals surface area contributed by atoms with E-state index in [1.54, 1.807) is 24.3 Å². The molecule has 1 aliphatic heterocycles. The maximum absolute atomic E-state index is 12.3. The van der Waals surface area contributed by atoms with Gasteiger partial charge in [-0.15, -0.1) is 0 Å². The number of fused-ring (bicyclic) bond motifs is 1. The summed E-state index contributed by atoms with van der Waals surface area (Å²) in [5.74, 6) is -2.55. The molecule has 1 heterocycles. The topological polar surface area (TPSA) is 81.9 Å². The lowest BCUT2D eigenvalue weighted by molar-refractivity contribution is -0.205. The van der Waals surface area contributed by atoms with Gasteiger partial charge in [0.05, 0.1) is 18.8 Å². The Hall–Kier alpha value is -2.29. The van der Waals surface area contributed by atoms with Crippen molar-refractivity contribution in [2.24, 2.45) is 5.73 Å². The molecule has 9 heteroatoms. The zero-order chi connectivity index (χ0) is 16.3. The number of carbonyl (C=O) groups is 2. The molecule has 1 aromatic rings. The van der Waals surface area contributed by atoms with Crippen LogP contribution in [0.25, 0.3) is 0 Å². The number of anilines is 1. The highest BCUT2D eigenvalue weighted by Gasteiger charge is 2.43. The number of halogens is 3. The lowest BCUT2D eigenvalue weighted by atomic mass is 10.2. The average molecular weight is 318 g/mol. The highest BCUT2D eigenvalue weighted by Crippen LogP contribution is 2.31. The molecule has 1 unspecified atom stereocenters. The van der Waals surface area contributed by atoms with E-state index in [2.05, 4.69) is 4.74 Å². The standard InChI is InChI=1S/C13H13F3N2O4/c14-13(15,16)12(20)22-8-6-18(11(19)5-17)9-3-1-2-4-10(9)21-7-8/h1-4,8H,5-7,17H2. The molecule has 0 saturated heterocycles. The summed E-state index contributed by atoms with van der Waals surface area (Å²) in [6, 6.07) is 6.41. The summed E-state index contributed by atoms with van der Waals surface area (Å²) in [6.45, 7) is -0.906. The third kappa shape index (κ3) is 3.48. The number of carbonyl (C=O) groups excluding carboxylic acids is 2. The van der Waals surface area contributed by atoms with Crippen LogP contribution in [0, 0.1) is 0 Å². The predicted octanol–water partition coefficient (Wildman–Crippen LogP) is 0.845. The van der Waals surface area contributed by atoms with Gasteiger partial charge >= 0.3 is 12.1 Å². The van der Waals surface area contributed by atoms with E-state index in [0.717, 1.165) is 4.90 Å². The largest absolute Gasteiger partial charge is 0.490 e. The number of nitrogens with two attached hydrogens (primary N) is 1. The zero-order valence-corrected chi connectivity index (χ0v) is 11.3. The molecule has 0 aromatic heterocycles. The first-order valence-electron chi connectivity index (χ1n) is 6.33. The van der Waals surface area contributed by atoms with Crippen molar-refractivity contribution in [3.8, 4) is 5.75 Å². The molecule has 1 amide bonds. The molecule has 120 valence electrons. The van der Waals surface area contributed by atoms with Crippen molar-refractivity contribution in [2.45, 2.75) is 12.3 Å². The molecule has 6 nitrogen and oxygen atoms in total. The monoisotopic (exact) mass is 318 g/mol. The van der Waals surface area contributed by atoms with E-state index in [4.69, 9.17) is 10.5 Å². The van der Waals surface area contributed by atoms with Gasteiger partial charge in [-0.05, 0) is 12.1 Å². The number of hydrogen-bond acceptors (Lipinski definition) is 5. The Kier molecular flexibility index (Phi) is 4.55. The fourth-order valence-electron chi connectivity index (χ4n) is 1.98. The lowest BCUT2D eigenvalue weighted by Crippen LogP contribution is -2.44. The Labute approximate surface area is 123 Å². The summed E-state index contributed by atoms with van der Waals surface area (Å²) in [6.07, 6.45) is -6.36. The Bertz CT molecular complexity index is 577. The van der Waals surface area contributed by atoms with Crippen LogP contribution >= 0.6 is 0 Å². The zero-order valence-electron chi connectivity index (χ0n) is 11.3. The number of rotatable bonds is 2. The summed E-state index contributed by atoms with van der Waals surface area (Å²) in [5.41, 5.74) is 5.67. The van der Waals surface area contributed by atoms with Gasteiger partial charge in [0.2, 0.25) is 5.91 Å². The van der Waals surface area contributed by atoms with Gasteiger partial charge in [0, 0.05) is 0 Å². The van der Waals surface area contributed by atoms with Gasteiger partial charge in [-0.3, -0.25) is 4.79 Å². The van der Waals surface area contributed by atoms with Gasteiger partial charge in [-0.2, -0.15) is 13.2 Å². The molecule has 1 aromatic carbocycles. The number of para-hydroxylation sites is 2. The first-order chi connectivity index (χ1) is 10.3. The third-order valence-corrected chi connectivity index (χ3v) is 2.95. The number of amides is 1. The number of ether oxygens (including phenoxy) is 2. The van der Waals surface area contributed by atoms with E-state index in [1.165, 1.54) is 0 Å². The van der Waals surface area contributed by atoms with Crippen LogP contribution < -0.4 is 15.4 Å². The highest BCUT2D eigenvalue weighted by atomic mass is 19.4. The minimum atomic E-state index is -5.11. The Morgan fingerprint density at radius 3 is 2.68 bits per heavy atom. The van der Waals surface area contributed by atoms with E-state index >= 15 is 0 Å². The van der Waals surface area contributed by atoms with Gasteiger partial charge in [-0.25, -0.2) is 4.79 Å². The van der Waals surface area contributed by atoms with Crippen LogP contribution in [0.2, 0.25) is 0 Å². The first kappa shape index (κ1) is 16.1. The van der Waals surface area contributed by atoms with Gasteiger partial charge in [-0.1, -0.05) is 12.1 Å². The van der Waals surface area contributed by atoms with Crippen LogP contribution in [-0.4, -0.2) is 43.9 Å². The number of benzene rings is 1. The van der Waals surface area contributed by atoms with Gasteiger partial charge in [0.25, 0.3) is 0 Å². The molecule has 0 aliphatic carbocycles. The Balaban J connectivity index is 2.23. The molecule has 22 heavy (non-hydrogen) atoms. The van der Waals surface area contributed by atoms with Crippen molar-refractivity contribution in [1.29, 1.82) is 0 Å². The fourth-order valence-corrected chi connectivity index (χ4v) is 1.98. The van der Waals surface area contributed by atoms with E-state index < -0.39 is 24.2 Å². The van der Waals surface area contributed by atoms with Crippen LogP contribution in [0.1, 0.15) is 0 Å². The van der Waals surface area contributed by atoms with Crippen LogP contribution in [0.5, 0.6) is 5.75 Å². The van der Waals surface area contributed by atoms with E-state index in [0.29, 0.717) is 11.4 Å². The molecule has 0 radical (unpaired) electrons. The molecular formula is C13H13F3N2O4. The SMILES string of the molecule is NCC(=O)N1CC(OC(=O)C(F)(F)F)COc2ccccc21.